The van der Waals surface area contributed by atoms with Crippen LogP contribution in [0.1, 0.15) is 37.0 Å². The molecule has 0 saturated heterocycles. The molecule has 2 N–H and O–H groups in total. The van der Waals surface area contributed by atoms with Gasteiger partial charge in [0.2, 0.25) is 0 Å². The molecule has 0 aliphatic carbocycles. The lowest BCUT2D eigenvalue weighted by molar-refractivity contribution is 0.0972. The van der Waals surface area contributed by atoms with E-state index in [-0.39, 0.29) is 11.3 Å². The quantitative estimate of drug-likeness (QED) is 0.504. The summed E-state index contributed by atoms with van der Waals surface area (Å²) in [7, 11) is 0. The Bertz CT molecular complexity index is 1160. The van der Waals surface area contributed by atoms with E-state index in [2.05, 4.69) is 10.1 Å². The Hall–Kier alpha value is -3.38. The third-order valence-corrected chi connectivity index (χ3v) is 4.79. The molecule has 0 unspecified atom stereocenters. The minimum atomic E-state index is -0.369. The number of hydrogen-bond donors (Lipinski definition) is 1. The molecule has 0 amide bonds. The number of nitrogens with two attached hydrogens (primary N) is 1. The van der Waals surface area contributed by atoms with E-state index in [9.17, 15) is 4.79 Å². The van der Waals surface area contributed by atoms with Gasteiger partial charge in [0.05, 0.1) is 23.1 Å². The standard InChI is InChI=1S/C23H23N5O/c1-23(2,24)11-8-21(29)17-9-12-25-20(14-17)18-15-26-28-13-10-19(27-22(18)28)16-6-4-3-5-7-16/h3-7,9-10,12-15H,8,11,24H2,1-2H3. The fraction of sp³-hybridized carbons (Fsp3) is 0.217. The molecule has 3 aromatic heterocycles. The highest BCUT2D eigenvalue weighted by molar-refractivity contribution is 5.97. The molecule has 146 valence electrons. The zero-order valence-corrected chi connectivity index (χ0v) is 16.5. The van der Waals surface area contributed by atoms with Crippen molar-refractivity contribution in [2.24, 2.45) is 5.73 Å². The van der Waals surface area contributed by atoms with E-state index >= 15 is 0 Å². The fourth-order valence-electron chi connectivity index (χ4n) is 3.15. The van der Waals surface area contributed by atoms with Crippen LogP contribution in [-0.4, -0.2) is 30.9 Å². The number of hydrogen-bond acceptors (Lipinski definition) is 5. The van der Waals surface area contributed by atoms with Gasteiger partial charge in [-0.25, -0.2) is 9.50 Å². The first-order valence-electron chi connectivity index (χ1n) is 9.59. The van der Waals surface area contributed by atoms with Crippen LogP contribution in [0.4, 0.5) is 0 Å². The van der Waals surface area contributed by atoms with Crippen LogP contribution in [0.5, 0.6) is 0 Å². The second-order valence-corrected chi connectivity index (χ2v) is 7.85. The summed E-state index contributed by atoms with van der Waals surface area (Å²) in [6, 6.07) is 15.5. The molecule has 4 aromatic rings. The molecule has 0 aliphatic heterocycles. The monoisotopic (exact) mass is 385 g/mol. The van der Waals surface area contributed by atoms with E-state index in [1.165, 1.54) is 0 Å². The predicted molar refractivity (Wildman–Crippen MR) is 113 cm³/mol. The second-order valence-electron chi connectivity index (χ2n) is 7.85. The first-order valence-corrected chi connectivity index (χ1v) is 9.59. The highest BCUT2D eigenvalue weighted by Crippen LogP contribution is 2.25. The van der Waals surface area contributed by atoms with Crippen molar-refractivity contribution in [3.63, 3.8) is 0 Å². The highest BCUT2D eigenvalue weighted by Gasteiger charge is 2.16. The molecule has 3 heterocycles. The fourth-order valence-corrected chi connectivity index (χ4v) is 3.15. The van der Waals surface area contributed by atoms with Gasteiger partial charge in [-0.15, -0.1) is 0 Å². The van der Waals surface area contributed by atoms with Gasteiger partial charge in [-0.05, 0) is 38.5 Å². The van der Waals surface area contributed by atoms with Gasteiger partial charge in [0.15, 0.2) is 11.4 Å². The summed E-state index contributed by atoms with van der Waals surface area (Å²) in [5.74, 6) is 0.0570. The summed E-state index contributed by atoms with van der Waals surface area (Å²) in [6.45, 7) is 3.85. The van der Waals surface area contributed by atoms with E-state index in [1.807, 2.05) is 56.4 Å². The maximum atomic E-state index is 12.6. The number of nitrogens with zero attached hydrogens (tertiary/aromatic N) is 4. The summed E-state index contributed by atoms with van der Waals surface area (Å²) in [6.07, 6.45) is 6.30. The first-order chi connectivity index (χ1) is 13.9. The number of ketones is 1. The Morgan fingerprint density at radius 3 is 2.66 bits per heavy atom. The van der Waals surface area contributed by atoms with Crippen molar-refractivity contribution in [3.8, 4) is 22.5 Å². The number of carbonyl (C=O) groups is 1. The summed E-state index contributed by atoms with van der Waals surface area (Å²) in [5.41, 5.74) is 10.3. The van der Waals surface area contributed by atoms with Crippen LogP contribution in [0, 0.1) is 0 Å². The second kappa shape index (κ2) is 7.56. The molecule has 6 heteroatoms. The van der Waals surface area contributed by atoms with Crippen molar-refractivity contribution in [2.45, 2.75) is 32.2 Å². The van der Waals surface area contributed by atoms with Gasteiger partial charge in [0, 0.05) is 35.5 Å². The van der Waals surface area contributed by atoms with E-state index in [1.54, 1.807) is 29.0 Å². The normalized spacial score (nSPS) is 11.7. The van der Waals surface area contributed by atoms with E-state index in [0.29, 0.717) is 29.7 Å². The Balaban J connectivity index is 1.69. The van der Waals surface area contributed by atoms with Gasteiger partial charge in [0.25, 0.3) is 0 Å². The number of Topliss-reactive ketones (excluding diaryl/α,β-unsaturated/α-hetero) is 1. The van der Waals surface area contributed by atoms with Crippen molar-refractivity contribution >= 4 is 11.4 Å². The van der Waals surface area contributed by atoms with Crippen LogP contribution in [0.2, 0.25) is 0 Å². The van der Waals surface area contributed by atoms with Crippen molar-refractivity contribution in [2.75, 3.05) is 0 Å². The van der Waals surface area contributed by atoms with Crippen molar-refractivity contribution in [1.82, 2.24) is 19.6 Å². The van der Waals surface area contributed by atoms with Gasteiger partial charge in [0.1, 0.15) is 0 Å². The van der Waals surface area contributed by atoms with Crippen molar-refractivity contribution < 1.29 is 4.79 Å². The number of aromatic nitrogens is 4. The molecular formula is C23H23N5O. The Morgan fingerprint density at radius 1 is 1.10 bits per heavy atom. The van der Waals surface area contributed by atoms with Gasteiger partial charge in [-0.3, -0.25) is 9.78 Å². The SMILES string of the molecule is CC(C)(N)CCC(=O)c1ccnc(-c2cnn3ccc(-c4ccccc4)nc23)c1. The lowest BCUT2D eigenvalue weighted by atomic mass is 9.96. The van der Waals surface area contributed by atoms with Gasteiger partial charge < -0.3 is 5.73 Å². The molecule has 4 rings (SSSR count). The number of fused-ring (bicyclic) bond motifs is 1. The maximum Gasteiger partial charge on any atom is 0.164 e. The van der Waals surface area contributed by atoms with E-state index < -0.39 is 0 Å². The Kier molecular flexibility index (Phi) is 4.94. The lowest BCUT2D eigenvalue weighted by Crippen LogP contribution is -2.32. The molecule has 6 nitrogen and oxygen atoms in total. The van der Waals surface area contributed by atoms with E-state index in [0.717, 1.165) is 16.8 Å². The van der Waals surface area contributed by atoms with Crippen LogP contribution in [0.3, 0.4) is 0 Å². The minimum absolute atomic E-state index is 0.0570. The highest BCUT2D eigenvalue weighted by atomic mass is 16.1. The Labute approximate surface area is 169 Å². The average molecular weight is 385 g/mol. The maximum absolute atomic E-state index is 12.6. The summed E-state index contributed by atoms with van der Waals surface area (Å²) in [4.78, 5) is 21.8. The van der Waals surface area contributed by atoms with Gasteiger partial charge in [-0.1, -0.05) is 30.3 Å². The summed E-state index contributed by atoms with van der Waals surface area (Å²) < 4.78 is 1.72. The molecule has 0 atom stereocenters. The minimum Gasteiger partial charge on any atom is -0.326 e. The zero-order valence-electron chi connectivity index (χ0n) is 16.5. The molecule has 0 bridgehead atoms. The van der Waals surface area contributed by atoms with Crippen LogP contribution in [-0.2, 0) is 0 Å². The lowest BCUT2D eigenvalue weighted by Gasteiger charge is -2.17. The molecule has 1 aromatic carbocycles. The topological polar surface area (TPSA) is 86.2 Å². The third kappa shape index (κ3) is 4.22. The number of rotatable bonds is 6. The third-order valence-electron chi connectivity index (χ3n) is 4.79. The molecule has 0 aliphatic rings. The molecule has 29 heavy (non-hydrogen) atoms. The van der Waals surface area contributed by atoms with E-state index in [4.69, 9.17) is 10.7 Å². The molecule has 0 fully saturated rings. The molecule has 0 radical (unpaired) electrons. The number of carbonyl (C=O) groups excluding carboxylic acids is 1. The molecule has 0 saturated carbocycles. The van der Waals surface area contributed by atoms with Gasteiger partial charge >= 0.3 is 0 Å². The zero-order chi connectivity index (χ0) is 20.4. The molecular weight excluding hydrogens is 362 g/mol. The molecule has 0 spiro atoms. The average Bonchev–Trinajstić information content (AvgIpc) is 3.15. The predicted octanol–water partition coefficient (Wildman–Crippen LogP) is 4.16. The van der Waals surface area contributed by atoms with Crippen molar-refractivity contribution in [3.05, 3.63) is 72.7 Å². The number of benzene rings is 1. The van der Waals surface area contributed by atoms with Crippen LogP contribution in [0.25, 0.3) is 28.2 Å². The largest absolute Gasteiger partial charge is 0.326 e. The summed E-state index contributed by atoms with van der Waals surface area (Å²) in [5, 5.41) is 4.39. The summed E-state index contributed by atoms with van der Waals surface area (Å²) >= 11 is 0. The van der Waals surface area contributed by atoms with Crippen LogP contribution < -0.4 is 5.73 Å². The van der Waals surface area contributed by atoms with Crippen LogP contribution in [0.15, 0.2) is 67.1 Å². The number of pyridine rings is 1. The first kappa shape index (κ1) is 19.0. The van der Waals surface area contributed by atoms with Crippen molar-refractivity contribution in [1.29, 1.82) is 0 Å². The van der Waals surface area contributed by atoms with Gasteiger partial charge in [-0.2, -0.15) is 5.10 Å². The smallest absolute Gasteiger partial charge is 0.164 e. The van der Waals surface area contributed by atoms with Crippen LogP contribution >= 0.6 is 0 Å². The Morgan fingerprint density at radius 2 is 1.90 bits per heavy atom.